The number of para-hydroxylation sites is 1. The SMILES string of the molecule is C=C1C=C(CC(C)C)C(O)=C(C=N[C@@H]2CCCC[C@H]2N=Cc2cccc(C(C)(C)C)c2O)C1. The summed E-state index contributed by atoms with van der Waals surface area (Å²) in [6.45, 7) is 14.7. The van der Waals surface area contributed by atoms with Gasteiger partial charge in [0.1, 0.15) is 11.5 Å². The van der Waals surface area contributed by atoms with Gasteiger partial charge in [-0.25, -0.2) is 0 Å². The summed E-state index contributed by atoms with van der Waals surface area (Å²) in [6, 6.07) is 6.02. The van der Waals surface area contributed by atoms with E-state index in [1.54, 1.807) is 0 Å². The quantitative estimate of drug-likeness (QED) is 0.451. The summed E-state index contributed by atoms with van der Waals surface area (Å²) in [6.07, 6.45) is 11.4. The van der Waals surface area contributed by atoms with E-state index >= 15 is 0 Å². The Kier molecular flexibility index (Phi) is 7.99. The number of hydrogen-bond acceptors (Lipinski definition) is 4. The molecule has 0 saturated heterocycles. The molecule has 0 radical (unpaired) electrons. The Morgan fingerprint density at radius 1 is 1.06 bits per heavy atom. The molecule has 3 rings (SSSR count). The molecule has 4 heteroatoms. The second-order valence-corrected chi connectivity index (χ2v) is 10.9. The standard InChI is InChI=1S/C29H40N2O2/c1-19(2)14-22-15-20(3)16-23(27(22)32)18-31-26-13-8-7-12-25(26)30-17-21-10-9-11-24(28(21)33)29(4,5)6/h9-11,15,17-19,25-26,32-33H,3,7-8,12-14,16H2,1-2,4-6H3/t25-,26-/m1/s1. The van der Waals surface area contributed by atoms with Gasteiger partial charge in [-0.3, -0.25) is 9.98 Å². The van der Waals surface area contributed by atoms with Crippen LogP contribution in [0.1, 0.15) is 84.3 Å². The Bertz CT molecular complexity index is 989. The number of phenolic OH excluding ortho intramolecular Hbond substituents is 1. The number of benzene rings is 1. The molecule has 0 amide bonds. The zero-order chi connectivity index (χ0) is 24.2. The largest absolute Gasteiger partial charge is 0.507 e. The van der Waals surface area contributed by atoms with Crippen LogP contribution in [0.4, 0.5) is 0 Å². The van der Waals surface area contributed by atoms with Gasteiger partial charge in [-0.15, -0.1) is 0 Å². The van der Waals surface area contributed by atoms with Gasteiger partial charge in [0.15, 0.2) is 0 Å². The van der Waals surface area contributed by atoms with Crippen molar-refractivity contribution in [3.05, 3.63) is 64.5 Å². The second-order valence-electron chi connectivity index (χ2n) is 10.9. The summed E-state index contributed by atoms with van der Waals surface area (Å²) >= 11 is 0. The van der Waals surface area contributed by atoms with Crippen LogP contribution in [0.5, 0.6) is 5.75 Å². The second kappa shape index (κ2) is 10.5. The van der Waals surface area contributed by atoms with E-state index in [1.165, 1.54) is 0 Å². The summed E-state index contributed by atoms with van der Waals surface area (Å²) < 4.78 is 0. The molecule has 0 aliphatic heterocycles. The molecule has 4 nitrogen and oxygen atoms in total. The first-order valence-electron chi connectivity index (χ1n) is 12.3. The molecule has 1 aromatic rings. The topological polar surface area (TPSA) is 65.2 Å². The van der Waals surface area contributed by atoms with Crippen molar-refractivity contribution in [1.29, 1.82) is 0 Å². The lowest BCUT2D eigenvalue weighted by atomic mass is 9.85. The third kappa shape index (κ3) is 6.46. The fraction of sp³-hybridized carbons (Fsp3) is 0.517. The number of aromatic hydroxyl groups is 1. The van der Waals surface area contributed by atoms with Crippen molar-refractivity contribution in [2.24, 2.45) is 15.9 Å². The van der Waals surface area contributed by atoms with E-state index in [9.17, 15) is 10.2 Å². The summed E-state index contributed by atoms with van der Waals surface area (Å²) in [5.74, 6) is 1.14. The zero-order valence-corrected chi connectivity index (χ0v) is 20.9. The fourth-order valence-corrected chi connectivity index (χ4v) is 4.67. The van der Waals surface area contributed by atoms with Crippen LogP contribution in [0.15, 0.2) is 63.3 Å². The Balaban J connectivity index is 1.80. The van der Waals surface area contributed by atoms with Gasteiger partial charge in [0.05, 0.1) is 12.1 Å². The molecule has 2 aliphatic carbocycles. The minimum Gasteiger partial charge on any atom is -0.507 e. The van der Waals surface area contributed by atoms with Gasteiger partial charge in [0.2, 0.25) is 0 Å². The van der Waals surface area contributed by atoms with E-state index in [1.807, 2.05) is 36.7 Å². The predicted molar refractivity (Wildman–Crippen MR) is 140 cm³/mol. The van der Waals surface area contributed by atoms with Crippen molar-refractivity contribution in [1.82, 2.24) is 0 Å². The highest BCUT2D eigenvalue weighted by atomic mass is 16.3. The maximum absolute atomic E-state index is 10.8. The molecule has 0 bridgehead atoms. The van der Waals surface area contributed by atoms with Crippen LogP contribution in [0, 0.1) is 5.92 Å². The van der Waals surface area contributed by atoms with Gasteiger partial charge in [-0.2, -0.15) is 0 Å². The van der Waals surface area contributed by atoms with Crippen LogP contribution in [-0.4, -0.2) is 34.7 Å². The monoisotopic (exact) mass is 448 g/mol. The molecule has 33 heavy (non-hydrogen) atoms. The smallest absolute Gasteiger partial charge is 0.128 e. The van der Waals surface area contributed by atoms with Gasteiger partial charge in [-0.1, -0.05) is 77.8 Å². The van der Waals surface area contributed by atoms with Crippen LogP contribution in [0.25, 0.3) is 0 Å². The van der Waals surface area contributed by atoms with Gasteiger partial charge in [0, 0.05) is 30.0 Å². The normalized spacial score (nSPS) is 22.6. The van der Waals surface area contributed by atoms with Gasteiger partial charge >= 0.3 is 0 Å². The third-order valence-corrected chi connectivity index (χ3v) is 6.43. The number of aliphatic imine (C=N–C) groups is 2. The van der Waals surface area contributed by atoms with Crippen LogP contribution in [-0.2, 0) is 5.41 Å². The van der Waals surface area contributed by atoms with Crippen molar-refractivity contribution in [2.75, 3.05) is 0 Å². The Morgan fingerprint density at radius 2 is 1.70 bits per heavy atom. The fourth-order valence-electron chi connectivity index (χ4n) is 4.67. The number of allylic oxidation sites excluding steroid dienone is 4. The molecular weight excluding hydrogens is 408 g/mol. The van der Waals surface area contributed by atoms with E-state index in [0.717, 1.165) is 60.0 Å². The predicted octanol–water partition coefficient (Wildman–Crippen LogP) is 7.24. The zero-order valence-electron chi connectivity index (χ0n) is 20.9. The molecule has 0 heterocycles. The average molecular weight is 449 g/mol. The van der Waals surface area contributed by atoms with Crippen LogP contribution in [0.2, 0.25) is 0 Å². The highest BCUT2D eigenvalue weighted by Crippen LogP contribution is 2.33. The number of aliphatic hydroxyl groups excluding tert-OH is 1. The molecule has 2 N–H and O–H groups in total. The summed E-state index contributed by atoms with van der Waals surface area (Å²) in [7, 11) is 0. The first-order chi connectivity index (χ1) is 15.6. The minimum absolute atomic E-state index is 0.0768. The molecule has 2 aliphatic rings. The average Bonchev–Trinajstić information content (AvgIpc) is 2.73. The molecule has 0 spiro atoms. The third-order valence-electron chi connectivity index (χ3n) is 6.43. The number of nitrogens with zero attached hydrogens (tertiary/aromatic N) is 2. The lowest BCUT2D eigenvalue weighted by Gasteiger charge is -2.26. The maximum atomic E-state index is 10.8. The van der Waals surface area contributed by atoms with Crippen molar-refractivity contribution in [3.63, 3.8) is 0 Å². The first-order valence-corrected chi connectivity index (χ1v) is 12.3. The number of rotatable bonds is 6. The number of hydrogen-bond donors (Lipinski definition) is 2. The molecule has 1 saturated carbocycles. The molecular formula is C29H40N2O2. The van der Waals surface area contributed by atoms with E-state index < -0.39 is 0 Å². The highest BCUT2D eigenvalue weighted by molar-refractivity contribution is 5.85. The molecule has 2 atom stereocenters. The molecule has 178 valence electrons. The van der Waals surface area contributed by atoms with E-state index in [0.29, 0.717) is 23.8 Å². The number of phenols is 1. The van der Waals surface area contributed by atoms with Crippen molar-refractivity contribution >= 4 is 12.4 Å². The molecule has 0 aromatic heterocycles. The van der Waals surface area contributed by atoms with Crippen molar-refractivity contribution < 1.29 is 10.2 Å². The van der Waals surface area contributed by atoms with E-state index in [-0.39, 0.29) is 17.5 Å². The van der Waals surface area contributed by atoms with Gasteiger partial charge in [-0.05, 0) is 47.8 Å². The van der Waals surface area contributed by atoms with Crippen LogP contribution in [0.3, 0.4) is 0 Å². The van der Waals surface area contributed by atoms with Crippen molar-refractivity contribution in [3.8, 4) is 5.75 Å². The number of aliphatic hydroxyl groups is 1. The summed E-state index contributed by atoms with van der Waals surface area (Å²) in [5.41, 5.74) is 4.36. The van der Waals surface area contributed by atoms with Crippen LogP contribution >= 0.6 is 0 Å². The maximum Gasteiger partial charge on any atom is 0.128 e. The van der Waals surface area contributed by atoms with Crippen LogP contribution < -0.4 is 0 Å². The Morgan fingerprint density at radius 3 is 2.30 bits per heavy atom. The summed E-state index contributed by atoms with van der Waals surface area (Å²) in [5, 5.41) is 21.6. The molecule has 0 unspecified atom stereocenters. The van der Waals surface area contributed by atoms with Gasteiger partial charge in [0.25, 0.3) is 0 Å². The van der Waals surface area contributed by atoms with Crippen molar-refractivity contribution in [2.45, 2.75) is 90.6 Å². The first kappa shape index (κ1) is 25.0. The Hall–Kier alpha value is -2.62. The summed E-state index contributed by atoms with van der Waals surface area (Å²) in [4.78, 5) is 9.76. The highest BCUT2D eigenvalue weighted by Gasteiger charge is 2.25. The van der Waals surface area contributed by atoms with Gasteiger partial charge < -0.3 is 10.2 Å². The molecule has 1 fully saturated rings. The minimum atomic E-state index is -0.131. The van der Waals surface area contributed by atoms with E-state index in [2.05, 4.69) is 41.2 Å². The lowest BCUT2D eigenvalue weighted by Crippen LogP contribution is -2.27. The molecule has 1 aromatic carbocycles. The lowest BCUT2D eigenvalue weighted by molar-refractivity contribution is 0.389. The Labute approximate surface area is 199 Å². The van der Waals surface area contributed by atoms with E-state index in [4.69, 9.17) is 9.98 Å².